The molecule has 5 heteroatoms. The minimum Gasteiger partial charge on any atom is -0.482 e. The van der Waals surface area contributed by atoms with Crippen molar-refractivity contribution in [2.45, 2.75) is 0 Å². The Morgan fingerprint density at radius 3 is 2.61 bits per heavy atom. The van der Waals surface area contributed by atoms with Gasteiger partial charge in [-0.25, -0.2) is 4.79 Å². The zero-order valence-corrected chi connectivity index (χ0v) is 12.4. The van der Waals surface area contributed by atoms with E-state index in [4.69, 9.17) is 9.15 Å². The van der Waals surface area contributed by atoms with Crippen molar-refractivity contribution < 1.29 is 23.5 Å². The molecule has 1 heterocycles. The van der Waals surface area contributed by atoms with E-state index in [9.17, 15) is 9.59 Å². The van der Waals surface area contributed by atoms with Crippen LogP contribution in [0.15, 0.2) is 59.2 Å². The molecule has 23 heavy (non-hydrogen) atoms. The van der Waals surface area contributed by atoms with E-state index in [1.807, 2.05) is 6.07 Å². The van der Waals surface area contributed by atoms with Gasteiger partial charge in [0.05, 0.1) is 12.7 Å². The van der Waals surface area contributed by atoms with Crippen molar-refractivity contribution in [1.29, 1.82) is 0 Å². The number of esters is 1. The lowest BCUT2D eigenvalue weighted by atomic mass is 10.0. The van der Waals surface area contributed by atoms with Crippen LogP contribution in [0.25, 0.3) is 11.0 Å². The molecule has 0 N–H and O–H groups in total. The molecule has 0 aliphatic rings. The molecule has 0 radical (unpaired) electrons. The number of benzene rings is 2. The van der Waals surface area contributed by atoms with Crippen LogP contribution in [0.1, 0.15) is 15.9 Å². The molecule has 5 nitrogen and oxygen atoms in total. The maximum Gasteiger partial charge on any atom is 0.343 e. The maximum atomic E-state index is 12.6. The van der Waals surface area contributed by atoms with E-state index in [-0.39, 0.29) is 12.4 Å². The van der Waals surface area contributed by atoms with E-state index in [2.05, 4.69) is 4.74 Å². The summed E-state index contributed by atoms with van der Waals surface area (Å²) >= 11 is 0. The van der Waals surface area contributed by atoms with Crippen LogP contribution in [-0.2, 0) is 9.53 Å². The van der Waals surface area contributed by atoms with Crippen LogP contribution in [-0.4, -0.2) is 25.5 Å². The smallest absolute Gasteiger partial charge is 0.343 e. The van der Waals surface area contributed by atoms with Crippen LogP contribution < -0.4 is 4.74 Å². The maximum absolute atomic E-state index is 12.6. The molecule has 0 saturated heterocycles. The summed E-state index contributed by atoms with van der Waals surface area (Å²) in [5, 5.41) is 0.640. The van der Waals surface area contributed by atoms with Gasteiger partial charge in [-0.3, -0.25) is 4.79 Å². The standard InChI is InChI=1S/C18H14O5/c1-21-17(19)11-22-13-7-8-16-14(9-13)15(10-23-16)18(20)12-5-3-2-4-6-12/h2-10H,11H2,1H3. The highest BCUT2D eigenvalue weighted by Crippen LogP contribution is 2.27. The van der Waals surface area contributed by atoms with Crippen molar-refractivity contribution in [2.24, 2.45) is 0 Å². The highest BCUT2D eigenvalue weighted by molar-refractivity contribution is 6.16. The number of hydrogen-bond acceptors (Lipinski definition) is 5. The van der Waals surface area contributed by atoms with Crippen molar-refractivity contribution in [3.63, 3.8) is 0 Å². The molecular formula is C18H14O5. The van der Waals surface area contributed by atoms with Crippen LogP contribution >= 0.6 is 0 Å². The van der Waals surface area contributed by atoms with E-state index < -0.39 is 5.97 Å². The first-order valence-corrected chi connectivity index (χ1v) is 6.99. The fourth-order valence-electron chi connectivity index (χ4n) is 2.22. The fourth-order valence-corrected chi connectivity index (χ4v) is 2.22. The van der Waals surface area contributed by atoms with E-state index in [1.165, 1.54) is 13.4 Å². The summed E-state index contributed by atoms with van der Waals surface area (Å²) < 4.78 is 15.3. The van der Waals surface area contributed by atoms with Gasteiger partial charge in [-0.1, -0.05) is 30.3 Å². The Morgan fingerprint density at radius 1 is 1.09 bits per heavy atom. The number of furan rings is 1. The molecular weight excluding hydrogens is 296 g/mol. The minimum absolute atomic E-state index is 0.130. The van der Waals surface area contributed by atoms with Crippen LogP contribution in [0.2, 0.25) is 0 Å². The predicted molar refractivity (Wildman–Crippen MR) is 83.6 cm³/mol. The topological polar surface area (TPSA) is 65.7 Å². The third-order valence-corrected chi connectivity index (χ3v) is 3.41. The second-order valence-electron chi connectivity index (χ2n) is 4.87. The van der Waals surface area contributed by atoms with Gasteiger partial charge in [0.1, 0.15) is 17.6 Å². The molecule has 0 fully saturated rings. The largest absolute Gasteiger partial charge is 0.482 e. The zero-order valence-electron chi connectivity index (χ0n) is 12.4. The number of fused-ring (bicyclic) bond motifs is 1. The summed E-state index contributed by atoms with van der Waals surface area (Å²) in [4.78, 5) is 23.7. The molecule has 0 aliphatic carbocycles. The summed E-state index contributed by atoms with van der Waals surface area (Å²) in [7, 11) is 1.29. The third kappa shape index (κ3) is 3.08. The molecule has 3 rings (SSSR count). The summed E-state index contributed by atoms with van der Waals surface area (Å²) in [5.41, 5.74) is 1.61. The Hall–Kier alpha value is -3.08. The number of ether oxygens (including phenoxy) is 2. The van der Waals surface area contributed by atoms with E-state index in [0.717, 1.165) is 0 Å². The normalized spacial score (nSPS) is 10.5. The predicted octanol–water partition coefficient (Wildman–Crippen LogP) is 3.22. The molecule has 0 aliphatic heterocycles. The quantitative estimate of drug-likeness (QED) is 0.535. The van der Waals surface area contributed by atoms with Crippen LogP contribution in [0.3, 0.4) is 0 Å². The van der Waals surface area contributed by atoms with Gasteiger partial charge in [-0.05, 0) is 18.2 Å². The fraction of sp³-hybridized carbons (Fsp3) is 0.111. The summed E-state index contributed by atoms with van der Waals surface area (Å²) in [6.07, 6.45) is 1.43. The van der Waals surface area contributed by atoms with Crippen LogP contribution in [0.5, 0.6) is 5.75 Å². The van der Waals surface area contributed by atoms with E-state index >= 15 is 0 Å². The lowest BCUT2D eigenvalue weighted by Crippen LogP contribution is -2.12. The highest BCUT2D eigenvalue weighted by atomic mass is 16.6. The zero-order chi connectivity index (χ0) is 16.2. The van der Waals surface area contributed by atoms with Gasteiger partial charge >= 0.3 is 5.97 Å². The van der Waals surface area contributed by atoms with Gasteiger partial charge in [0.2, 0.25) is 0 Å². The molecule has 0 amide bonds. The van der Waals surface area contributed by atoms with E-state index in [0.29, 0.717) is 27.8 Å². The Labute approximate surface area is 132 Å². The second-order valence-corrected chi connectivity index (χ2v) is 4.87. The van der Waals surface area contributed by atoms with Gasteiger partial charge in [0, 0.05) is 10.9 Å². The highest BCUT2D eigenvalue weighted by Gasteiger charge is 2.16. The molecule has 0 atom stereocenters. The van der Waals surface area contributed by atoms with Crippen molar-refractivity contribution >= 4 is 22.7 Å². The molecule has 0 bridgehead atoms. The summed E-state index contributed by atoms with van der Waals surface area (Å²) in [6.45, 7) is -0.193. The number of hydrogen-bond donors (Lipinski definition) is 0. The van der Waals surface area contributed by atoms with Gasteiger partial charge < -0.3 is 13.9 Å². The molecule has 1 aromatic heterocycles. The van der Waals surface area contributed by atoms with Crippen molar-refractivity contribution in [2.75, 3.05) is 13.7 Å². The molecule has 0 unspecified atom stereocenters. The summed E-state index contributed by atoms with van der Waals surface area (Å²) in [5.74, 6) is -0.140. The lowest BCUT2D eigenvalue weighted by Gasteiger charge is -2.05. The van der Waals surface area contributed by atoms with Crippen molar-refractivity contribution in [1.82, 2.24) is 0 Å². The molecule has 2 aromatic carbocycles. The first-order valence-electron chi connectivity index (χ1n) is 6.99. The second kappa shape index (κ2) is 6.36. The summed E-state index contributed by atoms with van der Waals surface area (Å²) in [6, 6.07) is 14.0. The number of carbonyl (C=O) groups is 2. The minimum atomic E-state index is -0.474. The first kappa shape index (κ1) is 14.8. The number of ketones is 1. The Bertz CT molecular complexity index is 848. The van der Waals surface area contributed by atoms with Crippen LogP contribution in [0, 0.1) is 0 Å². The average molecular weight is 310 g/mol. The lowest BCUT2D eigenvalue weighted by molar-refractivity contribution is -0.142. The number of methoxy groups -OCH3 is 1. The van der Waals surface area contributed by atoms with Gasteiger partial charge in [0.15, 0.2) is 12.4 Å². The van der Waals surface area contributed by atoms with Gasteiger partial charge in [0.25, 0.3) is 0 Å². The van der Waals surface area contributed by atoms with Gasteiger partial charge in [-0.2, -0.15) is 0 Å². The Balaban J connectivity index is 1.92. The Morgan fingerprint density at radius 2 is 1.87 bits per heavy atom. The molecule has 3 aromatic rings. The van der Waals surface area contributed by atoms with E-state index in [1.54, 1.807) is 42.5 Å². The average Bonchev–Trinajstić information content (AvgIpc) is 3.02. The SMILES string of the molecule is COC(=O)COc1ccc2occ(C(=O)c3ccccc3)c2c1. The first-order chi connectivity index (χ1) is 11.2. The molecule has 0 spiro atoms. The van der Waals surface area contributed by atoms with Gasteiger partial charge in [-0.15, -0.1) is 0 Å². The third-order valence-electron chi connectivity index (χ3n) is 3.41. The number of carbonyl (C=O) groups excluding carboxylic acids is 2. The monoisotopic (exact) mass is 310 g/mol. The van der Waals surface area contributed by atoms with Crippen molar-refractivity contribution in [3.05, 3.63) is 65.9 Å². The van der Waals surface area contributed by atoms with Crippen molar-refractivity contribution in [3.8, 4) is 5.75 Å². The molecule has 116 valence electrons. The van der Waals surface area contributed by atoms with Crippen LogP contribution in [0.4, 0.5) is 0 Å². The number of rotatable bonds is 5. The molecule has 0 saturated carbocycles. The Kier molecular flexibility index (Phi) is 4.10.